The van der Waals surface area contributed by atoms with Crippen LogP contribution in [0.25, 0.3) is 0 Å². The van der Waals surface area contributed by atoms with Crippen LogP contribution in [-0.2, 0) is 0 Å². The van der Waals surface area contributed by atoms with Gasteiger partial charge in [-0.2, -0.15) is 4.98 Å². The number of ether oxygens (including phenoxy) is 1. The second kappa shape index (κ2) is 5.44. The fourth-order valence-electron chi connectivity index (χ4n) is 1.90. The van der Waals surface area contributed by atoms with E-state index in [1.54, 1.807) is 30.6 Å². The zero-order valence-electron chi connectivity index (χ0n) is 11.5. The largest absolute Gasteiger partial charge is 0.481 e. The van der Waals surface area contributed by atoms with Crippen molar-refractivity contribution in [3.8, 4) is 5.88 Å². The van der Waals surface area contributed by atoms with Gasteiger partial charge in [0.05, 0.1) is 29.5 Å². The molecule has 0 saturated heterocycles. The maximum absolute atomic E-state index is 5.92. The molecule has 102 valence electrons. The van der Waals surface area contributed by atoms with Gasteiger partial charge in [-0.3, -0.25) is 0 Å². The van der Waals surface area contributed by atoms with Crippen LogP contribution < -0.4 is 15.8 Å². The number of nitrogen functional groups attached to an aromatic ring is 1. The number of pyridine rings is 1. The maximum atomic E-state index is 5.92. The molecule has 0 aliphatic rings. The van der Waals surface area contributed by atoms with Crippen molar-refractivity contribution >= 4 is 22.8 Å². The molecule has 19 heavy (non-hydrogen) atoms. The molecule has 3 N–H and O–H groups in total. The summed E-state index contributed by atoms with van der Waals surface area (Å²) in [6.45, 7) is 6.09. The number of nitrogens with two attached hydrogens (primary N) is 1. The highest BCUT2D eigenvalue weighted by atomic mass is 32.1. The molecule has 2 heterocycles. The lowest BCUT2D eigenvalue weighted by molar-refractivity contribution is 0.398. The van der Waals surface area contributed by atoms with E-state index < -0.39 is 0 Å². The predicted molar refractivity (Wildman–Crippen MR) is 78.8 cm³/mol. The van der Waals surface area contributed by atoms with Crippen molar-refractivity contribution in [2.75, 3.05) is 18.2 Å². The molecule has 2 aromatic heterocycles. The van der Waals surface area contributed by atoms with Crippen molar-refractivity contribution in [1.29, 1.82) is 0 Å². The van der Waals surface area contributed by atoms with Crippen LogP contribution in [0.1, 0.15) is 28.5 Å². The molecule has 0 aromatic carbocycles. The molecule has 0 fully saturated rings. The summed E-state index contributed by atoms with van der Waals surface area (Å²) in [5, 5.41) is 4.37. The van der Waals surface area contributed by atoms with E-state index in [4.69, 9.17) is 10.5 Å². The van der Waals surface area contributed by atoms with E-state index in [0.29, 0.717) is 17.4 Å². The summed E-state index contributed by atoms with van der Waals surface area (Å²) in [5.74, 6) is 1.18. The molecular weight excluding hydrogens is 260 g/mol. The van der Waals surface area contributed by atoms with Crippen LogP contribution in [0.3, 0.4) is 0 Å². The van der Waals surface area contributed by atoms with Crippen LogP contribution in [0.4, 0.5) is 11.5 Å². The zero-order chi connectivity index (χ0) is 14.0. The lowest BCUT2D eigenvalue weighted by Gasteiger charge is -2.15. The van der Waals surface area contributed by atoms with Crippen molar-refractivity contribution in [3.63, 3.8) is 0 Å². The number of nitrogens with zero attached hydrogens (tertiary/aromatic N) is 2. The number of methoxy groups -OCH3 is 1. The Morgan fingerprint density at radius 1 is 1.32 bits per heavy atom. The molecular formula is C13H18N4OS. The van der Waals surface area contributed by atoms with Crippen LogP contribution in [0.2, 0.25) is 0 Å². The molecule has 2 aromatic rings. The number of nitrogens with one attached hydrogen (secondary N) is 1. The number of aryl methyl sites for hydroxylation is 2. The fraction of sp³-hybridized carbons (Fsp3) is 0.385. The molecule has 6 heteroatoms. The molecule has 0 aliphatic heterocycles. The van der Waals surface area contributed by atoms with Crippen LogP contribution in [0, 0.1) is 13.8 Å². The molecule has 0 aliphatic carbocycles. The summed E-state index contributed by atoms with van der Waals surface area (Å²) >= 11 is 1.68. The van der Waals surface area contributed by atoms with Gasteiger partial charge >= 0.3 is 0 Å². The summed E-state index contributed by atoms with van der Waals surface area (Å²) < 4.78 is 5.11. The minimum atomic E-state index is 0.105. The van der Waals surface area contributed by atoms with Gasteiger partial charge in [0, 0.05) is 10.9 Å². The monoisotopic (exact) mass is 278 g/mol. The van der Waals surface area contributed by atoms with Gasteiger partial charge < -0.3 is 15.8 Å². The first kappa shape index (κ1) is 13.6. The Hall–Kier alpha value is -1.82. The number of hydrogen-bond acceptors (Lipinski definition) is 6. The average Bonchev–Trinajstić information content (AvgIpc) is 2.71. The minimum absolute atomic E-state index is 0.105. The van der Waals surface area contributed by atoms with E-state index in [1.807, 2.05) is 13.8 Å². The number of thiazole rings is 1. The highest BCUT2D eigenvalue weighted by Gasteiger charge is 2.14. The van der Waals surface area contributed by atoms with E-state index in [9.17, 15) is 0 Å². The van der Waals surface area contributed by atoms with Gasteiger partial charge in [-0.15, -0.1) is 11.3 Å². The van der Waals surface area contributed by atoms with Crippen molar-refractivity contribution in [2.45, 2.75) is 26.8 Å². The zero-order valence-corrected chi connectivity index (χ0v) is 12.3. The Balaban J connectivity index is 2.23. The first-order chi connectivity index (χ1) is 9.01. The van der Waals surface area contributed by atoms with Gasteiger partial charge in [0.1, 0.15) is 0 Å². The van der Waals surface area contributed by atoms with Crippen molar-refractivity contribution in [2.24, 2.45) is 0 Å². The number of anilines is 2. The predicted octanol–water partition coefficient (Wildman–Crippen LogP) is 2.92. The van der Waals surface area contributed by atoms with E-state index in [0.717, 1.165) is 10.7 Å². The molecule has 5 nitrogen and oxygen atoms in total. The first-order valence-electron chi connectivity index (χ1n) is 6.02. The second-order valence-corrected chi connectivity index (χ2v) is 5.57. The summed E-state index contributed by atoms with van der Waals surface area (Å²) in [6, 6.07) is 3.63. The van der Waals surface area contributed by atoms with Crippen LogP contribution in [0.15, 0.2) is 12.1 Å². The van der Waals surface area contributed by atoms with E-state index in [1.165, 1.54) is 4.88 Å². The molecule has 0 spiro atoms. The first-order valence-corrected chi connectivity index (χ1v) is 6.84. The van der Waals surface area contributed by atoms with Crippen LogP contribution >= 0.6 is 11.3 Å². The standard InChI is InChI=1S/C13H18N4OS/c1-7-12(19-9(3)15-7)8(2)16-13-10(14)5-6-11(17-13)18-4/h5-6,8H,14H2,1-4H3,(H,16,17). The third kappa shape index (κ3) is 2.96. The molecule has 1 unspecified atom stereocenters. The maximum Gasteiger partial charge on any atom is 0.215 e. The topological polar surface area (TPSA) is 73.1 Å². The quantitative estimate of drug-likeness (QED) is 0.899. The van der Waals surface area contributed by atoms with Crippen LogP contribution in [0.5, 0.6) is 5.88 Å². The van der Waals surface area contributed by atoms with E-state index in [-0.39, 0.29) is 6.04 Å². The highest BCUT2D eigenvalue weighted by molar-refractivity contribution is 7.11. The van der Waals surface area contributed by atoms with Gasteiger partial charge in [-0.25, -0.2) is 4.98 Å². The Kier molecular flexibility index (Phi) is 3.90. The molecule has 0 bridgehead atoms. The Labute approximate surface area is 116 Å². The lowest BCUT2D eigenvalue weighted by atomic mass is 10.2. The third-order valence-corrected chi connectivity index (χ3v) is 4.05. The van der Waals surface area contributed by atoms with Gasteiger partial charge in [-0.1, -0.05) is 0 Å². The third-order valence-electron chi connectivity index (χ3n) is 2.80. The SMILES string of the molecule is COc1ccc(N)c(NC(C)c2sc(C)nc2C)n1. The molecule has 1 atom stereocenters. The summed E-state index contributed by atoms with van der Waals surface area (Å²) in [4.78, 5) is 9.95. The number of aromatic nitrogens is 2. The van der Waals surface area contributed by atoms with Gasteiger partial charge in [0.25, 0.3) is 0 Å². The van der Waals surface area contributed by atoms with Gasteiger partial charge in [0.2, 0.25) is 5.88 Å². The van der Waals surface area contributed by atoms with E-state index >= 15 is 0 Å². The smallest absolute Gasteiger partial charge is 0.215 e. The van der Waals surface area contributed by atoms with Gasteiger partial charge in [0.15, 0.2) is 5.82 Å². The Morgan fingerprint density at radius 2 is 2.05 bits per heavy atom. The van der Waals surface area contributed by atoms with Gasteiger partial charge in [-0.05, 0) is 26.8 Å². The number of hydrogen-bond donors (Lipinski definition) is 2. The van der Waals surface area contributed by atoms with Crippen molar-refractivity contribution < 1.29 is 4.74 Å². The Morgan fingerprint density at radius 3 is 2.63 bits per heavy atom. The lowest BCUT2D eigenvalue weighted by Crippen LogP contribution is -2.10. The molecule has 0 saturated carbocycles. The molecule has 0 amide bonds. The number of rotatable bonds is 4. The average molecular weight is 278 g/mol. The normalized spacial score (nSPS) is 12.2. The molecule has 0 radical (unpaired) electrons. The van der Waals surface area contributed by atoms with E-state index in [2.05, 4.69) is 22.2 Å². The minimum Gasteiger partial charge on any atom is -0.481 e. The summed E-state index contributed by atoms with van der Waals surface area (Å²) in [7, 11) is 1.59. The second-order valence-electron chi connectivity index (χ2n) is 4.34. The molecule has 2 rings (SSSR count). The summed E-state index contributed by atoms with van der Waals surface area (Å²) in [5.41, 5.74) is 7.57. The Bertz CT molecular complexity index is 582. The van der Waals surface area contributed by atoms with Crippen LogP contribution in [-0.4, -0.2) is 17.1 Å². The highest BCUT2D eigenvalue weighted by Crippen LogP contribution is 2.29. The van der Waals surface area contributed by atoms with Crippen molar-refractivity contribution in [3.05, 3.63) is 27.7 Å². The fourth-order valence-corrected chi connectivity index (χ4v) is 2.83. The summed E-state index contributed by atoms with van der Waals surface area (Å²) in [6.07, 6.45) is 0. The van der Waals surface area contributed by atoms with Crippen molar-refractivity contribution in [1.82, 2.24) is 9.97 Å².